The molecule has 0 aromatic heterocycles. The van der Waals surface area contributed by atoms with Gasteiger partial charge in [-0.25, -0.2) is 0 Å². The molecule has 1 amide bonds. The normalized spacial score (nSPS) is 30.3. The van der Waals surface area contributed by atoms with E-state index in [1.807, 2.05) is 0 Å². The second kappa shape index (κ2) is 5.60. The molecule has 0 aromatic rings. The zero-order chi connectivity index (χ0) is 13.2. The van der Waals surface area contributed by atoms with E-state index < -0.39 is 0 Å². The fourth-order valence-corrected chi connectivity index (χ4v) is 3.35. The van der Waals surface area contributed by atoms with Crippen molar-refractivity contribution in [1.82, 2.24) is 10.2 Å². The minimum atomic E-state index is 0.307. The van der Waals surface area contributed by atoms with Crippen LogP contribution in [-0.4, -0.2) is 37.0 Å². The molecule has 3 heteroatoms. The monoisotopic (exact) mass is 252 g/mol. The average Bonchev–Trinajstić information content (AvgIpc) is 2.38. The first-order valence-electron chi connectivity index (χ1n) is 7.48. The largest absolute Gasteiger partial charge is 0.340 e. The van der Waals surface area contributed by atoms with Crippen molar-refractivity contribution in [3.63, 3.8) is 0 Å². The molecule has 2 aliphatic rings. The van der Waals surface area contributed by atoms with E-state index in [1.54, 1.807) is 0 Å². The Bertz CT molecular complexity index is 281. The fourth-order valence-electron chi connectivity index (χ4n) is 3.35. The fraction of sp³-hybridized carbons (Fsp3) is 0.933. The number of carbonyl (C=O) groups is 1. The first-order valence-corrected chi connectivity index (χ1v) is 7.48. The number of amides is 1. The third kappa shape index (κ3) is 3.25. The van der Waals surface area contributed by atoms with Crippen LogP contribution in [0, 0.1) is 17.3 Å². The Morgan fingerprint density at radius 1 is 1.06 bits per heavy atom. The standard InChI is InChI=1S/C15H28N2O/c1-15(2,3)13-6-4-12(5-7-13)14(18)17-10-8-16-9-11-17/h12-13,16H,4-11H2,1-3H3. The van der Waals surface area contributed by atoms with Gasteiger partial charge < -0.3 is 10.2 Å². The van der Waals surface area contributed by atoms with Gasteiger partial charge in [-0.2, -0.15) is 0 Å². The van der Waals surface area contributed by atoms with Crippen LogP contribution >= 0.6 is 0 Å². The third-order valence-electron chi connectivity index (χ3n) is 4.73. The molecule has 1 heterocycles. The van der Waals surface area contributed by atoms with Gasteiger partial charge in [0.2, 0.25) is 5.91 Å². The lowest BCUT2D eigenvalue weighted by Crippen LogP contribution is -2.49. The van der Waals surface area contributed by atoms with Gasteiger partial charge in [0.1, 0.15) is 0 Å². The maximum atomic E-state index is 12.4. The van der Waals surface area contributed by atoms with Crippen molar-refractivity contribution in [2.45, 2.75) is 46.5 Å². The van der Waals surface area contributed by atoms with Gasteiger partial charge in [-0.1, -0.05) is 20.8 Å². The number of hydrogen-bond acceptors (Lipinski definition) is 2. The van der Waals surface area contributed by atoms with Gasteiger partial charge in [-0.3, -0.25) is 4.79 Å². The molecule has 3 nitrogen and oxygen atoms in total. The average molecular weight is 252 g/mol. The predicted octanol–water partition coefficient (Wildman–Crippen LogP) is 2.27. The molecular formula is C15H28N2O. The van der Waals surface area contributed by atoms with Crippen molar-refractivity contribution < 1.29 is 4.79 Å². The molecule has 1 saturated carbocycles. The lowest BCUT2D eigenvalue weighted by molar-refractivity contribution is -0.137. The van der Waals surface area contributed by atoms with E-state index in [4.69, 9.17) is 0 Å². The predicted molar refractivity (Wildman–Crippen MR) is 74.4 cm³/mol. The van der Waals surface area contributed by atoms with Crippen LogP contribution < -0.4 is 5.32 Å². The maximum absolute atomic E-state index is 12.4. The second-order valence-electron chi connectivity index (χ2n) is 6.99. The first-order chi connectivity index (χ1) is 8.48. The van der Waals surface area contributed by atoms with Crippen molar-refractivity contribution in [3.05, 3.63) is 0 Å². The lowest BCUT2D eigenvalue weighted by atomic mass is 9.69. The smallest absolute Gasteiger partial charge is 0.225 e. The highest BCUT2D eigenvalue weighted by atomic mass is 16.2. The molecule has 2 fully saturated rings. The van der Waals surface area contributed by atoms with Crippen LogP contribution in [0.4, 0.5) is 0 Å². The Balaban J connectivity index is 1.83. The van der Waals surface area contributed by atoms with Crippen molar-refractivity contribution >= 4 is 5.91 Å². The Morgan fingerprint density at radius 3 is 2.11 bits per heavy atom. The second-order valence-corrected chi connectivity index (χ2v) is 6.99. The van der Waals surface area contributed by atoms with E-state index in [2.05, 4.69) is 31.0 Å². The molecular weight excluding hydrogens is 224 g/mol. The maximum Gasteiger partial charge on any atom is 0.225 e. The molecule has 1 saturated heterocycles. The zero-order valence-corrected chi connectivity index (χ0v) is 12.2. The molecule has 1 aliphatic carbocycles. The summed E-state index contributed by atoms with van der Waals surface area (Å²) in [5.74, 6) is 1.52. The summed E-state index contributed by atoms with van der Waals surface area (Å²) >= 11 is 0. The molecule has 0 spiro atoms. The number of nitrogens with zero attached hydrogens (tertiary/aromatic N) is 1. The number of hydrogen-bond donors (Lipinski definition) is 1. The first kappa shape index (κ1) is 13.9. The van der Waals surface area contributed by atoms with Gasteiger partial charge in [0.25, 0.3) is 0 Å². The van der Waals surface area contributed by atoms with Gasteiger partial charge in [0.15, 0.2) is 0 Å². The van der Waals surface area contributed by atoms with E-state index in [1.165, 1.54) is 12.8 Å². The summed E-state index contributed by atoms with van der Waals surface area (Å²) in [7, 11) is 0. The van der Waals surface area contributed by atoms with Gasteiger partial charge in [-0.05, 0) is 37.0 Å². The molecule has 2 rings (SSSR count). The Morgan fingerprint density at radius 2 is 1.61 bits per heavy atom. The molecule has 0 radical (unpaired) electrons. The van der Waals surface area contributed by atoms with Crippen LogP contribution in [0.25, 0.3) is 0 Å². The van der Waals surface area contributed by atoms with Gasteiger partial charge in [-0.15, -0.1) is 0 Å². The van der Waals surface area contributed by atoms with Gasteiger partial charge in [0, 0.05) is 32.1 Å². The number of carbonyl (C=O) groups excluding carboxylic acids is 1. The van der Waals surface area contributed by atoms with Crippen molar-refractivity contribution in [1.29, 1.82) is 0 Å². The SMILES string of the molecule is CC(C)(C)C1CCC(C(=O)N2CCNCC2)CC1. The van der Waals surface area contributed by atoms with Crippen LogP contribution in [-0.2, 0) is 4.79 Å². The van der Waals surface area contributed by atoms with E-state index >= 15 is 0 Å². The highest BCUT2D eigenvalue weighted by molar-refractivity contribution is 5.79. The quantitative estimate of drug-likeness (QED) is 0.776. The zero-order valence-electron chi connectivity index (χ0n) is 12.2. The molecule has 1 aliphatic heterocycles. The Hall–Kier alpha value is -0.570. The summed E-state index contributed by atoms with van der Waals surface area (Å²) < 4.78 is 0. The number of piperazine rings is 1. The Kier molecular flexibility index (Phi) is 4.31. The lowest BCUT2D eigenvalue weighted by Gasteiger charge is -2.38. The highest BCUT2D eigenvalue weighted by Crippen LogP contribution is 2.40. The van der Waals surface area contributed by atoms with E-state index in [-0.39, 0.29) is 0 Å². The van der Waals surface area contributed by atoms with Crippen LogP contribution in [0.15, 0.2) is 0 Å². The van der Waals surface area contributed by atoms with Crippen molar-refractivity contribution in [2.24, 2.45) is 17.3 Å². The Labute approximate surface area is 111 Å². The minimum absolute atomic E-state index is 0.307. The van der Waals surface area contributed by atoms with Crippen LogP contribution in [0.5, 0.6) is 0 Å². The molecule has 1 N–H and O–H groups in total. The summed E-state index contributed by atoms with van der Waals surface area (Å²) in [6, 6.07) is 0. The molecule has 0 atom stereocenters. The molecule has 0 bridgehead atoms. The summed E-state index contributed by atoms with van der Waals surface area (Å²) in [4.78, 5) is 14.5. The van der Waals surface area contributed by atoms with Gasteiger partial charge in [0.05, 0.1) is 0 Å². The van der Waals surface area contributed by atoms with E-state index in [0.29, 0.717) is 17.2 Å². The summed E-state index contributed by atoms with van der Waals surface area (Å²) in [5.41, 5.74) is 0.406. The van der Waals surface area contributed by atoms with E-state index in [9.17, 15) is 4.79 Å². The summed E-state index contributed by atoms with van der Waals surface area (Å²) in [5, 5.41) is 3.31. The summed E-state index contributed by atoms with van der Waals surface area (Å²) in [6.45, 7) is 10.7. The molecule has 0 aromatic carbocycles. The molecule has 18 heavy (non-hydrogen) atoms. The van der Waals surface area contributed by atoms with Crippen LogP contribution in [0.2, 0.25) is 0 Å². The van der Waals surface area contributed by atoms with Crippen molar-refractivity contribution in [2.75, 3.05) is 26.2 Å². The van der Waals surface area contributed by atoms with Crippen molar-refractivity contribution in [3.8, 4) is 0 Å². The highest BCUT2D eigenvalue weighted by Gasteiger charge is 2.34. The van der Waals surface area contributed by atoms with Gasteiger partial charge >= 0.3 is 0 Å². The van der Waals surface area contributed by atoms with Crippen LogP contribution in [0.1, 0.15) is 46.5 Å². The molecule has 0 unspecified atom stereocenters. The minimum Gasteiger partial charge on any atom is -0.340 e. The topological polar surface area (TPSA) is 32.3 Å². The number of rotatable bonds is 1. The molecule has 104 valence electrons. The van der Waals surface area contributed by atoms with E-state index in [0.717, 1.165) is 44.9 Å². The summed E-state index contributed by atoms with van der Waals surface area (Å²) in [6.07, 6.45) is 4.66. The third-order valence-corrected chi connectivity index (χ3v) is 4.73. The number of nitrogens with one attached hydrogen (secondary N) is 1. The van der Waals surface area contributed by atoms with Crippen LogP contribution in [0.3, 0.4) is 0 Å².